The molecule has 2 amide bonds. The molecular weight excluding hydrogens is 456 g/mol. The third-order valence-electron chi connectivity index (χ3n) is 6.59. The van der Waals surface area contributed by atoms with Crippen LogP contribution in [-0.2, 0) is 0 Å². The molecule has 186 valence electrons. The van der Waals surface area contributed by atoms with Crippen molar-refractivity contribution in [2.45, 2.75) is 38.9 Å². The number of carbonyl (C=O) groups excluding carboxylic acids is 2. The number of pyridine rings is 2. The monoisotopic (exact) mass is 486 g/mol. The van der Waals surface area contributed by atoms with Crippen molar-refractivity contribution in [2.75, 3.05) is 26.2 Å². The van der Waals surface area contributed by atoms with Crippen LogP contribution in [0.4, 0.5) is 0 Å². The fourth-order valence-corrected chi connectivity index (χ4v) is 4.53. The van der Waals surface area contributed by atoms with Crippen molar-refractivity contribution in [2.24, 2.45) is 0 Å². The number of aromatic nitrogens is 2. The molecule has 5 rings (SSSR count). The first-order chi connectivity index (χ1) is 17.4. The van der Waals surface area contributed by atoms with Crippen LogP contribution in [0.25, 0.3) is 0 Å². The molecule has 2 unspecified atom stereocenters. The Labute approximate surface area is 210 Å². The van der Waals surface area contributed by atoms with Crippen molar-refractivity contribution < 1.29 is 19.1 Å². The van der Waals surface area contributed by atoms with E-state index in [4.69, 9.17) is 9.47 Å². The Morgan fingerprint density at radius 2 is 1.11 bits per heavy atom. The molecule has 0 aliphatic carbocycles. The number of amides is 2. The molecule has 0 saturated carbocycles. The summed E-state index contributed by atoms with van der Waals surface area (Å²) >= 11 is 0. The fourth-order valence-electron chi connectivity index (χ4n) is 4.53. The summed E-state index contributed by atoms with van der Waals surface area (Å²) in [6.45, 7) is 6.24. The van der Waals surface area contributed by atoms with E-state index < -0.39 is 0 Å². The van der Waals surface area contributed by atoms with Crippen LogP contribution >= 0.6 is 0 Å². The number of aryl methyl sites for hydroxylation is 2. The van der Waals surface area contributed by atoms with Gasteiger partial charge in [0.25, 0.3) is 11.8 Å². The van der Waals surface area contributed by atoms with E-state index in [9.17, 15) is 9.59 Å². The molecule has 8 nitrogen and oxygen atoms in total. The normalized spacial score (nSPS) is 19.4. The van der Waals surface area contributed by atoms with Crippen LogP contribution in [0.1, 0.15) is 44.7 Å². The van der Waals surface area contributed by atoms with Crippen LogP contribution in [0.15, 0.2) is 60.9 Å². The highest BCUT2D eigenvalue weighted by molar-refractivity contribution is 5.98. The van der Waals surface area contributed by atoms with E-state index >= 15 is 0 Å². The van der Waals surface area contributed by atoms with E-state index in [2.05, 4.69) is 9.97 Å². The number of rotatable bonds is 6. The second-order valence-corrected chi connectivity index (χ2v) is 9.48. The maximum Gasteiger partial charge on any atom is 0.253 e. The molecule has 36 heavy (non-hydrogen) atoms. The molecule has 0 radical (unpaired) electrons. The van der Waals surface area contributed by atoms with Crippen molar-refractivity contribution >= 4 is 11.8 Å². The summed E-state index contributed by atoms with van der Waals surface area (Å²) in [7, 11) is 0. The number of hydrogen-bond acceptors (Lipinski definition) is 6. The molecular formula is C28H30N4O4. The maximum absolute atomic E-state index is 13.0. The lowest BCUT2D eigenvalue weighted by Crippen LogP contribution is -2.32. The number of likely N-dealkylation sites (tertiary alicyclic amines) is 2. The van der Waals surface area contributed by atoms with E-state index in [0.717, 1.165) is 24.0 Å². The van der Waals surface area contributed by atoms with Gasteiger partial charge < -0.3 is 19.3 Å². The highest BCUT2D eigenvalue weighted by Gasteiger charge is 2.30. The van der Waals surface area contributed by atoms with Gasteiger partial charge in [-0.2, -0.15) is 0 Å². The first-order valence-corrected chi connectivity index (χ1v) is 12.3. The Balaban J connectivity index is 1.13. The lowest BCUT2D eigenvalue weighted by molar-refractivity contribution is 0.0760. The largest absolute Gasteiger partial charge is 0.472 e. The van der Waals surface area contributed by atoms with Crippen molar-refractivity contribution in [1.82, 2.24) is 19.8 Å². The van der Waals surface area contributed by atoms with Gasteiger partial charge in [0, 0.05) is 61.6 Å². The number of hydrogen-bond donors (Lipinski definition) is 0. The molecule has 2 aromatic heterocycles. The minimum atomic E-state index is -0.0783. The number of carbonyl (C=O) groups is 2. The Morgan fingerprint density at radius 3 is 1.47 bits per heavy atom. The molecule has 3 aromatic rings. The first kappa shape index (κ1) is 23.8. The van der Waals surface area contributed by atoms with E-state index in [-0.39, 0.29) is 24.0 Å². The third kappa shape index (κ3) is 5.48. The van der Waals surface area contributed by atoms with Gasteiger partial charge in [-0.15, -0.1) is 0 Å². The molecule has 0 spiro atoms. The van der Waals surface area contributed by atoms with Crippen LogP contribution in [0.2, 0.25) is 0 Å². The summed E-state index contributed by atoms with van der Waals surface area (Å²) < 4.78 is 11.9. The lowest BCUT2D eigenvalue weighted by atomic mass is 10.1. The Hall–Kier alpha value is -3.94. The van der Waals surface area contributed by atoms with Gasteiger partial charge in [-0.05, 0) is 49.2 Å². The molecule has 1 aromatic carbocycles. The second-order valence-electron chi connectivity index (χ2n) is 9.48. The average Bonchev–Trinajstić information content (AvgIpc) is 3.56. The Morgan fingerprint density at radius 1 is 0.694 bits per heavy atom. The minimum absolute atomic E-state index is 0.0581. The minimum Gasteiger partial charge on any atom is -0.472 e. The second kappa shape index (κ2) is 10.4. The molecule has 2 aliphatic rings. The van der Waals surface area contributed by atoms with Crippen LogP contribution in [0.5, 0.6) is 11.8 Å². The highest BCUT2D eigenvalue weighted by Crippen LogP contribution is 2.21. The van der Waals surface area contributed by atoms with Gasteiger partial charge in [0.05, 0.1) is 13.1 Å². The van der Waals surface area contributed by atoms with Gasteiger partial charge in [0.2, 0.25) is 11.8 Å². The summed E-state index contributed by atoms with van der Waals surface area (Å²) in [6, 6.07) is 14.5. The number of nitrogens with zero attached hydrogens (tertiary/aromatic N) is 4. The third-order valence-corrected chi connectivity index (χ3v) is 6.59. The van der Waals surface area contributed by atoms with Crippen molar-refractivity contribution in [3.05, 3.63) is 83.2 Å². The predicted molar refractivity (Wildman–Crippen MR) is 134 cm³/mol. The fraction of sp³-hybridized carbons (Fsp3) is 0.357. The number of ether oxygens (including phenoxy) is 2. The van der Waals surface area contributed by atoms with Gasteiger partial charge in [0.1, 0.15) is 12.2 Å². The quantitative estimate of drug-likeness (QED) is 0.529. The maximum atomic E-state index is 13.0. The van der Waals surface area contributed by atoms with Gasteiger partial charge in [-0.3, -0.25) is 9.59 Å². The van der Waals surface area contributed by atoms with Crippen LogP contribution < -0.4 is 9.47 Å². The summed E-state index contributed by atoms with van der Waals surface area (Å²) in [6.07, 6.45) is 4.90. The lowest BCUT2D eigenvalue weighted by Gasteiger charge is -2.18. The van der Waals surface area contributed by atoms with Gasteiger partial charge in [-0.1, -0.05) is 12.1 Å². The first-order valence-electron chi connectivity index (χ1n) is 12.3. The Bertz CT molecular complexity index is 1120. The summed E-state index contributed by atoms with van der Waals surface area (Å²) in [5.74, 6) is 1.04. The number of benzene rings is 1. The highest BCUT2D eigenvalue weighted by atomic mass is 16.5. The standard InChI is InChI=1S/C28H30N4O4/c1-19-3-9-25(29-15-19)35-23-11-13-31(17-23)27(33)21-5-7-22(8-6-21)28(34)32-14-12-24(18-32)36-26-10-4-20(2)16-30-26/h3-10,15-16,23-24H,11-14,17-18H2,1-2H3. The van der Waals surface area contributed by atoms with Crippen LogP contribution in [0, 0.1) is 13.8 Å². The smallest absolute Gasteiger partial charge is 0.253 e. The summed E-state index contributed by atoms with van der Waals surface area (Å²) in [4.78, 5) is 38.2. The van der Waals surface area contributed by atoms with E-state index in [0.29, 0.717) is 49.1 Å². The molecule has 0 N–H and O–H groups in total. The average molecular weight is 487 g/mol. The van der Waals surface area contributed by atoms with Gasteiger partial charge in [-0.25, -0.2) is 9.97 Å². The summed E-state index contributed by atoms with van der Waals surface area (Å²) in [5.41, 5.74) is 3.28. The SMILES string of the molecule is Cc1ccc(OC2CCN(C(=O)c3ccc(C(=O)N4CCC(Oc5ccc(C)cn5)C4)cc3)C2)nc1. The Kier molecular flexibility index (Phi) is 6.84. The van der Waals surface area contributed by atoms with Crippen molar-refractivity contribution in [1.29, 1.82) is 0 Å². The molecule has 0 bridgehead atoms. The zero-order valence-corrected chi connectivity index (χ0v) is 20.6. The molecule has 2 aliphatic heterocycles. The molecule has 4 heterocycles. The van der Waals surface area contributed by atoms with E-state index in [1.807, 2.05) is 38.1 Å². The molecule has 2 atom stereocenters. The van der Waals surface area contributed by atoms with E-state index in [1.54, 1.807) is 46.5 Å². The zero-order chi connectivity index (χ0) is 25.1. The van der Waals surface area contributed by atoms with Crippen molar-refractivity contribution in [3.8, 4) is 11.8 Å². The van der Waals surface area contributed by atoms with Crippen LogP contribution in [0.3, 0.4) is 0 Å². The zero-order valence-electron chi connectivity index (χ0n) is 20.6. The predicted octanol–water partition coefficient (Wildman–Crippen LogP) is 3.68. The van der Waals surface area contributed by atoms with E-state index in [1.165, 1.54) is 0 Å². The summed E-state index contributed by atoms with van der Waals surface area (Å²) in [5, 5.41) is 0. The molecule has 2 saturated heterocycles. The molecule has 2 fully saturated rings. The molecule has 8 heteroatoms. The van der Waals surface area contributed by atoms with Crippen LogP contribution in [-0.4, -0.2) is 70.0 Å². The van der Waals surface area contributed by atoms with Gasteiger partial charge in [0.15, 0.2) is 0 Å². The van der Waals surface area contributed by atoms with Gasteiger partial charge >= 0.3 is 0 Å². The van der Waals surface area contributed by atoms with Crippen molar-refractivity contribution in [3.63, 3.8) is 0 Å². The topological polar surface area (TPSA) is 84.9 Å².